The molecular weight excluding hydrogens is 501 g/mol. The lowest BCUT2D eigenvalue weighted by atomic mass is 10.1. The van der Waals surface area contributed by atoms with Gasteiger partial charge in [-0.2, -0.15) is 8.42 Å². The molecule has 4 aromatic rings. The van der Waals surface area contributed by atoms with E-state index in [4.69, 9.17) is 39.9 Å². The molecule has 0 aliphatic heterocycles. The van der Waals surface area contributed by atoms with Crippen molar-refractivity contribution in [1.29, 1.82) is 0 Å². The summed E-state index contributed by atoms with van der Waals surface area (Å²) in [6.07, 6.45) is 1.53. The zero-order valence-electron chi connectivity index (χ0n) is 15.7. The van der Waals surface area contributed by atoms with Crippen molar-refractivity contribution in [2.75, 3.05) is 0 Å². The molecule has 0 bridgehead atoms. The predicted molar refractivity (Wildman–Crippen MR) is 125 cm³/mol. The van der Waals surface area contributed by atoms with Gasteiger partial charge < -0.3 is 5.11 Å². The van der Waals surface area contributed by atoms with Gasteiger partial charge in [0.05, 0.1) is 5.52 Å². The Morgan fingerprint density at radius 1 is 0.968 bits per heavy atom. The number of carboxylic acids is 1. The van der Waals surface area contributed by atoms with Crippen LogP contribution in [0.5, 0.6) is 0 Å². The molecule has 0 amide bonds. The number of hydrogen-bond donors (Lipinski definition) is 1. The summed E-state index contributed by atoms with van der Waals surface area (Å²) >= 11 is 19.3. The van der Waals surface area contributed by atoms with Gasteiger partial charge in [-0.15, -0.1) is 11.3 Å². The molecule has 2 aromatic heterocycles. The van der Waals surface area contributed by atoms with Crippen LogP contribution in [-0.2, 0) is 21.2 Å². The van der Waals surface area contributed by atoms with Gasteiger partial charge in [0.2, 0.25) is 0 Å². The Bertz CT molecular complexity index is 1400. The number of rotatable bonds is 6. The van der Waals surface area contributed by atoms with Gasteiger partial charge >= 0.3 is 5.97 Å². The van der Waals surface area contributed by atoms with E-state index in [1.54, 1.807) is 42.5 Å². The largest absolute Gasteiger partial charge is 0.481 e. The van der Waals surface area contributed by atoms with Gasteiger partial charge in [0.1, 0.15) is 4.21 Å². The third kappa shape index (κ3) is 4.47. The molecule has 31 heavy (non-hydrogen) atoms. The fourth-order valence-electron chi connectivity index (χ4n) is 3.28. The molecule has 4 rings (SSSR count). The van der Waals surface area contributed by atoms with Crippen LogP contribution in [0.3, 0.4) is 0 Å². The van der Waals surface area contributed by atoms with Gasteiger partial charge in [-0.25, -0.2) is 3.97 Å². The first-order valence-electron chi connectivity index (χ1n) is 8.98. The zero-order chi connectivity index (χ0) is 22.3. The van der Waals surface area contributed by atoms with E-state index in [9.17, 15) is 13.2 Å². The number of fused-ring (bicyclic) bond motifs is 1. The van der Waals surface area contributed by atoms with Crippen LogP contribution in [0.15, 0.2) is 58.9 Å². The fourth-order valence-corrected chi connectivity index (χ4v) is 6.76. The second-order valence-electron chi connectivity index (χ2n) is 6.79. The second-order valence-corrected chi connectivity index (χ2v) is 11.2. The number of aliphatic carboxylic acids is 1. The molecule has 10 heteroatoms. The quantitative estimate of drug-likeness (QED) is 0.315. The van der Waals surface area contributed by atoms with E-state index in [0.717, 1.165) is 16.9 Å². The highest BCUT2D eigenvalue weighted by molar-refractivity contribution is 7.92. The molecule has 0 radical (unpaired) electrons. The highest BCUT2D eigenvalue weighted by atomic mass is 35.5. The molecule has 0 fully saturated rings. The van der Waals surface area contributed by atoms with Crippen molar-refractivity contribution in [2.45, 2.75) is 17.1 Å². The van der Waals surface area contributed by atoms with Gasteiger partial charge in [-0.1, -0.05) is 34.8 Å². The minimum absolute atomic E-state index is 0.121. The van der Waals surface area contributed by atoms with Crippen molar-refractivity contribution < 1.29 is 18.3 Å². The molecule has 0 aliphatic rings. The van der Waals surface area contributed by atoms with Crippen molar-refractivity contribution in [3.05, 3.63) is 75.4 Å². The lowest BCUT2D eigenvalue weighted by Crippen LogP contribution is -2.10. The summed E-state index contributed by atoms with van der Waals surface area (Å²) in [5.74, 6) is -0.964. The monoisotopic (exact) mass is 513 g/mol. The smallest absolute Gasteiger partial charge is 0.303 e. The number of halogens is 3. The average molecular weight is 515 g/mol. The van der Waals surface area contributed by atoms with Crippen LogP contribution in [0, 0.1) is 0 Å². The molecule has 1 N–H and O–H groups in total. The van der Waals surface area contributed by atoms with Crippen LogP contribution >= 0.6 is 46.1 Å². The van der Waals surface area contributed by atoms with Crippen LogP contribution in [0.2, 0.25) is 15.1 Å². The van der Waals surface area contributed by atoms with Gasteiger partial charge in [-0.3, -0.25) is 4.79 Å². The number of carboxylic acid groups (broad SMARTS) is 1. The standard InChI is InChI=1S/C21H14Cl3NO4S2/c22-14-2-3-18-17(10-14)12(1-5-20(26)27)11-25(18)31(28,29)21-6-4-19(30-21)13-7-15(23)9-16(24)8-13/h2-4,6-11H,1,5H2,(H,26,27). The van der Waals surface area contributed by atoms with E-state index in [2.05, 4.69) is 0 Å². The first-order valence-corrected chi connectivity index (χ1v) is 12.4. The number of nitrogens with zero attached hydrogens (tertiary/aromatic N) is 1. The van der Waals surface area contributed by atoms with Crippen LogP contribution in [0.4, 0.5) is 0 Å². The molecule has 0 aliphatic carbocycles. The van der Waals surface area contributed by atoms with Crippen molar-refractivity contribution in [2.24, 2.45) is 0 Å². The molecule has 0 spiro atoms. The topological polar surface area (TPSA) is 76.4 Å². The number of aryl methyl sites for hydroxylation is 1. The maximum absolute atomic E-state index is 13.4. The van der Waals surface area contributed by atoms with Crippen molar-refractivity contribution in [3.63, 3.8) is 0 Å². The van der Waals surface area contributed by atoms with E-state index >= 15 is 0 Å². The Labute approximate surface area is 197 Å². The summed E-state index contributed by atoms with van der Waals surface area (Å²) in [7, 11) is -3.92. The summed E-state index contributed by atoms with van der Waals surface area (Å²) in [4.78, 5) is 11.7. The van der Waals surface area contributed by atoms with Gasteiger partial charge in [0, 0.05) is 37.9 Å². The summed E-state index contributed by atoms with van der Waals surface area (Å²) in [6, 6.07) is 13.1. The molecular formula is C21H14Cl3NO4S2. The number of hydrogen-bond acceptors (Lipinski definition) is 4. The molecule has 0 saturated heterocycles. The molecule has 2 aromatic carbocycles. The maximum atomic E-state index is 13.4. The lowest BCUT2D eigenvalue weighted by Gasteiger charge is -2.05. The third-order valence-electron chi connectivity index (χ3n) is 4.66. The number of aromatic nitrogens is 1. The van der Waals surface area contributed by atoms with E-state index < -0.39 is 16.0 Å². The summed E-state index contributed by atoms with van der Waals surface area (Å²) in [6.45, 7) is 0. The average Bonchev–Trinajstić information content (AvgIpc) is 3.31. The zero-order valence-corrected chi connectivity index (χ0v) is 19.6. The van der Waals surface area contributed by atoms with Crippen molar-refractivity contribution >= 4 is 73.0 Å². The second kappa shape index (κ2) is 8.48. The highest BCUT2D eigenvalue weighted by Gasteiger charge is 2.24. The Hall–Kier alpha value is -2.03. The maximum Gasteiger partial charge on any atom is 0.303 e. The molecule has 160 valence electrons. The molecule has 5 nitrogen and oxygen atoms in total. The van der Waals surface area contributed by atoms with Gasteiger partial charge in [-0.05, 0) is 66.1 Å². The first kappa shape index (κ1) is 22.2. The Morgan fingerprint density at radius 3 is 2.35 bits per heavy atom. The van der Waals surface area contributed by atoms with Crippen molar-refractivity contribution in [1.82, 2.24) is 3.97 Å². The Balaban J connectivity index is 1.81. The Kier molecular flexibility index (Phi) is 6.07. The van der Waals surface area contributed by atoms with E-state index in [1.165, 1.54) is 16.2 Å². The van der Waals surface area contributed by atoms with E-state index in [0.29, 0.717) is 36.4 Å². The van der Waals surface area contributed by atoms with Crippen LogP contribution in [-0.4, -0.2) is 23.5 Å². The summed E-state index contributed by atoms with van der Waals surface area (Å²) in [5, 5.41) is 11.0. The fraction of sp³-hybridized carbons (Fsp3) is 0.0952. The summed E-state index contributed by atoms with van der Waals surface area (Å²) in [5.41, 5.74) is 1.75. The molecule has 2 heterocycles. The summed E-state index contributed by atoms with van der Waals surface area (Å²) < 4.78 is 28.2. The van der Waals surface area contributed by atoms with Crippen molar-refractivity contribution in [3.8, 4) is 10.4 Å². The third-order valence-corrected chi connectivity index (χ3v) is 8.61. The minimum atomic E-state index is -3.92. The highest BCUT2D eigenvalue weighted by Crippen LogP contribution is 2.36. The number of thiophene rings is 1. The first-order chi connectivity index (χ1) is 14.6. The van der Waals surface area contributed by atoms with E-state index in [-0.39, 0.29) is 17.1 Å². The SMILES string of the molecule is O=C(O)CCc1cn(S(=O)(=O)c2ccc(-c3cc(Cl)cc(Cl)c3)s2)c2ccc(Cl)cc12. The normalized spacial score (nSPS) is 11.8. The van der Waals surface area contributed by atoms with Crippen LogP contribution < -0.4 is 0 Å². The van der Waals surface area contributed by atoms with Crippen LogP contribution in [0.1, 0.15) is 12.0 Å². The number of benzene rings is 2. The lowest BCUT2D eigenvalue weighted by molar-refractivity contribution is -0.136. The van der Waals surface area contributed by atoms with E-state index in [1.807, 2.05) is 0 Å². The van der Waals surface area contributed by atoms with Gasteiger partial charge in [0.25, 0.3) is 10.0 Å². The number of carbonyl (C=O) groups is 1. The van der Waals surface area contributed by atoms with Crippen LogP contribution in [0.25, 0.3) is 21.3 Å². The molecule has 0 saturated carbocycles. The van der Waals surface area contributed by atoms with Gasteiger partial charge in [0.15, 0.2) is 0 Å². The Morgan fingerprint density at radius 2 is 1.68 bits per heavy atom. The minimum Gasteiger partial charge on any atom is -0.481 e. The molecule has 0 unspecified atom stereocenters. The predicted octanol–water partition coefficient (Wildman–Crippen LogP) is 6.58. The molecule has 0 atom stereocenters.